The third-order valence-electron chi connectivity index (χ3n) is 4.09. The average molecular weight is 356 g/mol. The van der Waals surface area contributed by atoms with Gasteiger partial charge in [-0.2, -0.15) is 5.10 Å². The van der Waals surface area contributed by atoms with Crippen molar-refractivity contribution in [3.63, 3.8) is 0 Å². The fourth-order valence-electron chi connectivity index (χ4n) is 2.89. The quantitative estimate of drug-likeness (QED) is 0.580. The molecule has 0 aliphatic carbocycles. The molecule has 132 valence electrons. The predicted molar refractivity (Wildman–Crippen MR) is 104 cm³/mol. The average Bonchev–Trinajstić information content (AvgIpc) is 2.98. The van der Waals surface area contributed by atoms with Gasteiger partial charge >= 0.3 is 0 Å². The van der Waals surface area contributed by atoms with Gasteiger partial charge in [-0.15, -0.1) is 0 Å². The van der Waals surface area contributed by atoms with Crippen LogP contribution < -0.4 is 10.2 Å². The second-order valence-electron chi connectivity index (χ2n) is 5.98. The zero-order chi connectivity index (χ0) is 17.6. The van der Waals surface area contributed by atoms with E-state index in [1.165, 1.54) is 10.8 Å². The van der Waals surface area contributed by atoms with Crippen molar-refractivity contribution in [1.82, 2.24) is 14.9 Å². The standard InChI is InChI=1S/C19H24N4OS/c1-3-7-18-21-22-19(25)23(18)20-13-16-15-9-6-5-8-14(15)10-11-17(16)24-12-4-2/h5-6,8-11,20H,3-4,7,12-13H2,1-2H3,(H,22,25). The lowest BCUT2D eigenvalue weighted by Crippen LogP contribution is -2.18. The first-order valence-electron chi connectivity index (χ1n) is 8.78. The number of hydrogen-bond donors (Lipinski definition) is 2. The van der Waals surface area contributed by atoms with E-state index in [0.717, 1.165) is 36.4 Å². The number of H-pyrrole nitrogens is 1. The summed E-state index contributed by atoms with van der Waals surface area (Å²) >= 11 is 5.35. The molecule has 0 aliphatic rings. The summed E-state index contributed by atoms with van der Waals surface area (Å²) in [6.07, 6.45) is 2.86. The van der Waals surface area contributed by atoms with Crippen LogP contribution in [0.25, 0.3) is 10.8 Å². The van der Waals surface area contributed by atoms with Crippen LogP contribution in [0.5, 0.6) is 5.75 Å². The van der Waals surface area contributed by atoms with Crippen molar-refractivity contribution in [3.8, 4) is 5.75 Å². The molecular weight excluding hydrogens is 332 g/mol. The highest BCUT2D eigenvalue weighted by molar-refractivity contribution is 7.71. The van der Waals surface area contributed by atoms with Gasteiger partial charge in [0.1, 0.15) is 5.75 Å². The van der Waals surface area contributed by atoms with Crippen LogP contribution in [0.15, 0.2) is 36.4 Å². The molecule has 1 aromatic heterocycles. The number of fused-ring (bicyclic) bond motifs is 1. The minimum absolute atomic E-state index is 0.583. The molecule has 5 nitrogen and oxygen atoms in total. The lowest BCUT2D eigenvalue weighted by atomic mass is 10.0. The summed E-state index contributed by atoms with van der Waals surface area (Å²) in [7, 11) is 0. The fraction of sp³-hybridized carbons (Fsp3) is 0.368. The molecule has 2 aromatic carbocycles. The van der Waals surface area contributed by atoms with Crippen LogP contribution in [0.3, 0.4) is 0 Å². The molecule has 0 fully saturated rings. The normalized spacial score (nSPS) is 11.0. The molecule has 0 radical (unpaired) electrons. The van der Waals surface area contributed by atoms with E-state index in [4.69, 9.17) is 17.0 Å². The van der Waals surface area contributed by atoms with E-state index < -0.39 is 0 Å². The van der Waals surface area contributed by atoms with Crippen molar-refractivity contribution >= 4 is 23.0 Å². The Bertz CT molecular complexity index is 900. The summed E-state index contributed by atoms with van der Waals surface area (Å²) < 4.78 is 8.42. The molecule has 6 heteroatoms. The topological polar surface area (TPSA) is 54.9 Å². The SMILES string of the molecule is CCCOc1ccc2ccccc2c1CNn1c(CCC)n[nH]c1=S. The minimum Gasteiger partial charge on any atom is -0.493 e. The van der Waals surface area contributed by atoms with Crippen LogP contribution in [0.1, 0.15) is 38.1 Å². The molecule has 0 unspecified atom stereocenters. The van der Waals surface area contributed by atoms with Gasteiger partial charge in [0.05, 0.1) is 13.2 Å². The molecule has 0 atom stereocenters. The van der Waals surface area contributed by atoms with Crippen molar-refractivity contribution in [2.45, 2.75) is 39.7 Å². The molecule has 0 amide bonds. The maximum absolute atomic E-state index is 5.97. The Balaban J connectivity index is 1.94. The van der Waals surface area contributed by atoms with Crippen LogP contribution in [0, 0.1) is 4.77 Å². The highest BCUT2D eigenvalue weighted by atomic mass is 32.1. The second-order valence-corrected chi connectivity index (χ2v) is 6.36. The molecule has 3 rings (SSSR count). The summed E-state index contributed by atoms with van der Waals surface area (Å²) in [6.45, 7) is 5.56. The van der Waals surface area contributed by atoms with E-state index in [-0.39, 0.29) is 0 Å². The number of nitrogens with zero attached hydrogens (tertiary/aromatic N) is 2. The monoisotopic (exact) mass is 356 g/mol. The van der Waals surface area contributed by atoms with Crippen LogP contribution in [0.4, 0.5) is 0 Å². The largest absolute Gasteiger partial charge is 0.493 e. The lowest BCUT2D eigenvalue weighted by molar-refractivity contribution is 0.315. The number of hydrogen-bond acceptors (Lipinski definition) is 4. The first-order valence-corrected chi connectivity index (χ1v) is 9.19. The number of aryl methyl sites for hydroxylation is 1. The highest BCUT2D eigenvalue weighted by Gasteiger charge is 2.11. The number of aromatic nitrogens is 3. The Kier molecular flexibility index (Phi) is 5.71. The lowest BCUT2D eigenvalue weighted by Gasteiger charge is -2.16. The summed E-state index contributed by atoms with van der Waals surface area (Å²) in [5.74, 6) is 1.84. The second kappa shape index (κ2) is 8.16. The molecule has 0 aliphatic heterocycles. The predicted octanol–water partition coefficient (Wildman–Crippen LogP) is 4.58. The van der Waals surface area contributed by atoms with Crippen molar-refractivity contribution < 1.29 is 4.74 Å². The number of ether oxygens (including phenoxy) is 1. The van der Waals surface area contributed by atoms with Gasteiger partial charge in [0, 0.05) is 12.0 Å². The zero-order valence-corrected chi connectivity index (χ0v) is 15.5. The Morgan fingerprint density at radius 3 is 2.80 bits per heavy atom. The van der Waals surface area contributed by atoms with Crippen molar-refractivity contribution in [3.05, 3.63) is 52.6 Å². The number of nitrogens with one attached hydrogen (secondary N) is 2. The molecule has 3 aromatic rings. The smallest absolute Gasteiger partial charge is 0.214 e. The van der Waals surface area contributed by atoms with E-state index in [9.17, 15) is 0 Å². The number of rotatable bonds is 8. The molecule has 0 spiro atoms. The van der Waals surface area contributed by atoms with Gasteiger partial charge in [-0.05, 0) is 41.9 Å². The summed E-state index contributed by atoms with van der Waals surface area (Å²) in [6, 6.07) is 12.5. The number of aromatic amines is 1. The summed E-state index contributed by atoms with van der Waals surface area (Å²) in [4.78, 5) is 0. The van der Waals surface area contributed by atoms with E-state index in [1.807, 2.05) is 4.68 Å². The summed E-state index contributed by atoms with van der Waals surface area (Å²) in [5.41, 5.74) is 4.55. The van der Waals surface area contributed by atoms with Gasteiger partial charge in [-0.1, -0.05) is 44.2 Å². The Hall–Kier alpha value is -2.34. The van der Waals surface area contributed by atoms with Gasteiger partial charge in [0.15, 0.2) is 5.82 Å². The molecule has 1 heterocycles. The van der Waals surface area contributed by atoms with Crippen molar-refractivity contribution in [1.29, 1.82) is 0 Å². The summed E-state index contributed by atoms with van der Waals surface area (Å²) in [5, 5.41) is 9.56. The van der Waals surface area contributed by atoms with Gasteiger partial charge in [-0.25, -0.2) is 4.68 Å². The van der Waals surface area contributed by atoms with Crippen LogP contribution in [-0.4, -0.2) is 21.5 Å². The highest BCUT2D eigenvalue weighted by Crippen LogP contribution is 2.28. The third kappa shape index (κ3) is 3.85. The van der Waals surface area contributed by atoms with E-state index in [2.05, 4.69) is 65.9 Å². The van der Waals surface area contributed by atoms with Crippen LogP contribution in [-0.2, 0) is 13.0 Å². The Morgan fingerprint density at radius 1 is 1.16 bits per heavy atom. The first-order chi connectivity index (χ1) is 12.2. The number of benzene rings is 2. The van der Waals surface area contributed by atoms with E-state index in [0.29, 0.717) is 17.9 Å². The molecular formula is C19H24N4OS. The van der Waals surface area contributed by atoms with Crippen molar-refractivity contribution in [2.24, 2.45) is 0 Å². The Morgan fingerprint density at radius 2 is 2.00 bits per heavy atom. The van der Waals surface area contributed by atoms with E-state index >= 15 is 0 Å². The van der Waals surface area contributed by atoms with Crippen molar-refractivity contribution in [2.75, 3.05) is 12.0 Å². The maximum atomic E-state index is 5.97. The van der Waals surface area contributed by atoms with Gasteiger partial charge in [0.2, 0.25) is 4.77 Å². The zero-order valence-electron chi connectivity index (χ0n) is 14.7. The van der Waals surface area contributed by atoms with Crippen LogP contribution in [0.2, 0.25) is 0 Å². The molecule has 25 heavy (non-hydrogen) atoms. The maximum Gasteiger partial charge on any atom is 0.214 e. The molecule has 2 N–H and O–H groups in total. The van der Waals surface area contributed by atoms with Gasteiger partial charge < -0.3 is 10.2 Å². The van der Waals surface area contributed by atoms with Gasteiger partial charge in [-0.3, -0.25) is 5.10 Å². The molecule has 0 saturated heterocycles. The third-order valence-corrected chi connectivity index (χ3v) is 4.36. The first kappa shape index (κ1) is 17.5. The molecule has 0 bridgehead atoms. The van der Waals surface area contributed by atoms with Crippen LogP contribution >= 0.6 is 12.2 Å². The van der Waals surface area contributed by atoms with E-state index in [1.54, 1.807) is 0 Å². The minimum atomic E-state index is 0.583. The fourth-order valence-corrected chi connectivity index (χ4v) is 3.10. The molecule has 0 saturated carbocycles. The Labute approximate surface area is 153 Å². The van der Waals surface area contributed by atoms with Gasteiger partial charge in [0.25, 0.3) is 0 Å².